The first-order chi connectivity index (χ1) is 17.8. The summed E-state index contributed by atoms with van der Waals surface area (Å²) < 4.78 is 18.4. The molecule has 1 aromatic rings. The smallest absolute Gasteiger partial charge is 0.331 e. The molecule has 1 N–H and O–H groups in total. The first-order valence-electron chi connectivity index (χ1n) is 13.1. The Kier molecular flexibility index (Phi) is 10.9. The fourth-order valence-corrected chi connectivity index (χ4v) is 4.91. The topological polar surface area (TPSA) is 82.1 Å². The van der Waals surface area contributed by atoms with Gasteiger partial charge in [0, 0.05) is 32.4 Å². The summed E-state index contributed by atoms with van der Waals surface area (Å²) in [6.45, 7) is 4.21. The van der Waals surface area contributed by atoms with Crippen molar-refractivity contribution in [3.8, 4) is 0 Å². The van der Waals surface area contributed by atoms with E-state index in [0.29, 0.717) is 31.3 Å². The number of esters is 1. The summed E-state index contributed by atoms with van der Waals surface area (Å²) in [5, 5.41) is 9.24. The van der Waals surface area contributed by atoms with Crippen LogP contribution >= 0.6 is 0 Å². The third kappa shape index (κ3) is 9.78. The maximum atomic E-state index is 12.8. The number of benzene rings is 1. The lowest BCUT2D eigenvalue weighted by atomic mass is 9.90. The highest BCUT2D eigenvalue weighted by Gasteiger charge is 2.43. The number of hydrogen-bond acceptors (Lipinski definition) is 5. The molecule has 0 aromatic heterocycles. The number of carbonyl (C=O) groups is 2. The molecule has 2 heterocycles. The minimum absolute atomic E-state index is 0.147. The average Bonchev–Trinajstić information content (AvgIpc) is 2.85. The molecule has 0 unspecified atom stereocenters. The van der Waals surface area contributed by atoms with Crippen LogP contribution in [0, 0.1) is 0 Å². The minimum atomic E-state index is -0.968. The third-order valence-electron chi connectivity index (χ3n) is 6.93. The molecule has 1 saturated heterocycles. The van der Waals surface area contributed by atoms with E-state index in [9.17, 15) is 14.7 Å². The summed E-state index contributed by atoms with van der Waals surface area (Å²) in [5.41, 5.74) is 4.24. The number of ether oxygens (including phenoxy) is 3. The lowest BCUT2D eigenvalue weighted by molar-refractivity contribution is -0.288. The molecule has 2 aliphatic rings. The number of fused-ring (bicyclic) bond motifs is 2. The van der Waals surface area contributed by atoms with Crippen molar-refractivity contribution in [1.82, 2.24) is 0 Å². The molecule has 0 spiro atoms. The van der Waals surface area contributed by atoms with Crippen molar-refractivity contribution in [3.63, 3.8) is 0 Å². The zero-order valence-corrected chi connectivity index (χ0v) is 22.3. The van der Waals surface area contributed by atoms with Crippen LogP contribution in [0.5, 0.6) is 0 Å². The normalized spacial score (nSPS) is 29.2. The lowest BCUT2D eigenvalue weighted by Gasteiger charge is -2.43. The van der Waals surface area contributed by atoms with Crippen molar-refractivity contribution in [1.29, 1.82) is 0 Å². The van der Waals surface area contributed by atoms with Gasteiger partial charge >= 0.3 is 11.9 Å². The van der Waals surface area contributed by atoms with Crippen molar-refractivity contribution < 1.29 is 28.9 Å². The predicted octanol–water partition coefficient (Wildman–Crippen LogP) is 6.48. The molecule has 1 fully saturated rings. The molecule has 0 aliphatic carbocycles. The Labute approximate surface area is 220 Å². The second-order valence-electron chi connectivity index (χ2n) is 10.1. The molecular weight excluding hydrogens is 468 g/mol. The van der Waals surface area contributed by atoms with E-state index < -0.39 is 17.7 Å². The molecule has 2 bridgehead atoms. The van der Waals surface area contributed by atoms with Crippen molar-refractivity contribution in [2.45, 2.75) is 89.6 Å². The van der Waals surface area contributed by atoms with Crippen LogP contribution in [0.4, 0.5) is 0 Å². The van der Waals surface area contributed by atoms with Crippen molar-refractivity contribution in [2.75, 3.05) is 7.11 Å². The van der Waals surface area contributed by atoms with Crippen LogP contribution in [-0.4, -0.2) is 42.1 Å². The molecule has 1 aromatic carbocycles. The highest BCUT2D eigenvalue weighted by atomic mass is 16.7. The zero-order valence-electron chi connectivity index (χ0n) is 22.3. The predicted molar refractivity (Wildman–Crippen MR) is 144 cm³/mol. The molecule has 6 heteroatoms. The van der Waals surface area contributed by atoms with Gasteiger partial charge < -0.3 is 19.3 Å². The van der Waals surface area contributed by atoms with E-state index in [1.165, 1.54) is 22.8 Å². The maximum Gasteiger partial charge on any atom is 0.331 e. The van der Waals surface area contributed by atoms with Crippen LogP contribution < -0.4 is 0 Å². The molecule has 200 valence electrons. The zero-order chi connectivity index (χ0) is 26.7. The van der Waals surface area contributed by atoms with Gasteiger partial charge in [0.25, 0.3) is 0 Å². The van der Waals surface area contributed by atoms with Crippen molar-refractivity contribution >= 4 is 11.9 Å². The summed E-state index contributed by atoms with van der Waals surface area (Å²) in [6.07, 6.45) is 14.1. The Morgan fingerprint density at radius 2 is 2.00 bits per heavy atom. The molecular formula is C31H40O6. The van der Waals surface area contributed by atoms with Gasteiger partial charge in [-0.05, 0) is 57.1 Å². The number of carboxylic acids is 1. The SMILES string of the molecule is CO[C@]1(CC/C(C)=C/Cc2ccccc2)C[C@H]2C[C@@H](C/C(C)=C/C/C=C/C/C(CC(=O)O)=C\C(=O)O2)O1. The van der Waals surface area contributed by atoms with Crippen LogP contribution in [0.2, 0.25) is 0 Å². The number of carboxylic acid groups (broad SMARTS) is 1. The second kappa shape index (κ2) is 14.1. The molecule has 0 amide bonds. The van der Waals surface area contributed by atoms with Gasteiger partial charge in [0.2, 0.25) is 0 Å². The Balaban J connectivity index is 1.76. The van der Waals surface area contributed by atoms with Gasteiger partial charge in [-0.1, -0.05) is 65.8 Å². The van der Waals surface area contributed by atoms with E-state index >= 15 is 0 Å². The molecule has 2 aliphatic heterocycles. The molecule has 0 radical (unpaired) electrons. The summed E-state index contributed by atoms with van der Waals surface area (Å²) in [7, 11) is 1.65. The number of rotatable bonds is 8. The van der Waals surface area contributed by atoms with Crippen LogP contribution in [0.15, 0.2) is 77.4 Å². The summed E-state index contributed by atoms with van der Waals surface area (Å²) >= 11 is 0. The summed E-state index contributed by atoms with van der Waals surface area (Å²) in [6, 6.07) is 10.4. The van der Waals surface area contributed by atoms with Crippen molar-refractivity contribution in [3.05, 3.63) is 83.0 Å². The number of hydrogen-bond donors (Lipinski definition) is 1. The third-order valence-corrected chi connectivity index (χ3v) is 6.93. The highest BCUT2D eigenvalue weighted by Crippen LogP contribution is 2.38. The number of methoxy groups -OCH3 is 1. The quantitative estimate of drug-likeness (QED) is 0.320. The van der Waals surface area contributed by atoms with E-state index in [1.54, 1.807) is 7.11 Å². The Morgan fingerprint density at radius 3 is 2.73 bits per heavy atom. The van der Waals surface area contributed by atoms with Crippen LogP contribution in [0.3, 0.4) is 0 Å². The van der Waals surface area contributed by atoms with E-state index in [1.807, 2.05) is 30.4 Å². The molecule has 0 saturated carbocycles. The molecule has 3 atom stereocenters. The first kappa shape index (κ1) is 28.6. The van der Waals surface area contributed by atoms with Gasteiger partial charge in [0.15, 0.2) is 5.79 Å². The van der Waals surface area contributed by atoms with Gasteiger partial charge in [0.05, 0.1) is 12.5 Å². The van der Waals surface area contributed by atoms with Gasteiger partial charge in [-0.25, -0.2) is 4.79 Å². The van der Waals surface area contributed by atoms with Gasteiger partial charge in [0.1, 0.15) is 6.10 Å². The Hall–Kier alpha value is -2.96. The summed E-state index contributed by atoms with van der Waals surface area (Å²) in [5.74, 6) is -2.34. The molecule has 6 nitrogen and oxygen atoms in total. The number of aliphatic carboxylic acids is 1. The first-order valence-corrected chi connectivity index (χ1v) is 13.1. The fourth-order valence-electron chi connectivity index (χ4n) is 4.91. The lowest BCUT2D eigenvalue weighted by Crippen LogP contribution is -2.48. The average molecular weight is 509 g/mol. The van der Waals surface area contributed by atoms with Crippen LogP contribution in [0.1, 0.15) is 70.8 Å². The Bertz CT molecular complexity index is 1040. The van der Waals surface area contributed by atoms with E-state index in [4.69, 9.17) is 14.2 Å². The van der Waals surface area contributed by atoms with Crippen molar-refractivity contribution in [2.24, 2.45) is 0 Å². The Morgan fingerprint density at radius 1 is 1.22 bits per heavy atom. The van der Waals surface area contributed by atoms with Crippen LogP contribution in [0.25, 0.3) is 0 Å². The van der Waals surface area contributed by atoms with Gasteiger partial charge in [-0.3, -0.25) is 4.79 Å². The number of carbonyl (C=O) groups excluding carboxylic acids is 1. The van der Waals surface area contributed by atoms with Crippen LogP contribution in [-0.2, 0) is 30.2 Å². The maximum absolute atomic E-state index is 12.8. The molecule has 37 heavy (non-hydrogen) atoms. The largest absolute Gasteiger partial charge is 0.481 e. The fraction of sp³-hybridized carbons (Fsp3) is 0.484. The molecule has 3 rings (SSSR count). The summed E-state index contributed by atoms with van der Waals surface area (Å²) in [4.78, 5) is 24.1. The van der Waals surface area contributed by atoms with E-state index in [2.05, 4.69) is 38.1 Å². The van der Waals surface area contributed by atoms with Gasteiger partial charge in [-0.2, -0.15) is 0 Å². The minimum Gasteiger partial charge on any atom is -0.481 e. The monoisotopic (exact) mass is 508 g/mol. The number of allylic oxidation sites excluding steroid dienone is 5. The van der Waals surface area contributed by atoms with Gasteiger partial charge in [-0.15, -0.1) is 0 Å². The van der Waals surface area contributed by atoms with E-state index in [-0.39, 0.29) is 18.6 Å². The van der Waals surface area contributed by atoms with E-state index in [0.717, 1.165) is 25.7 Å². The standard InChI is InChI=1S/C31H40O6/c1-23(14-15-25-11-7-5-8-12-25)16-17-31(35-3)22-28-21-27(37-31)18-24(2)10-6-4-9-13-26(19-29(32)33)20-30(34)36-28/h4-5,7-12,14,20,27-28H,6,13,15-19,21-22H2,1-3H3,(H,32,33)/b9-4+,23-14+,24-10+,26-20+/t27-,28-,31+/m1/s1. The second-order valence-corrected chi connectivity index (χ2v) is 10.1. The highest BCUT2D eigenvalue weighted by molar-refractivity contribution is 5.84.